The number of fused-ring (bicyclic) bond motifs is 1. The van der Waals surface area contributed by atoms with Crippen LogP contribution >= 0.6 is 0 Å². The Bertz CT molecular complexity index is 354. The van der Waals surface area contributed by atoms with Crippen LogP contribution in [0.2, 0.25) is 0 Å². The highest BCUT2D eigenvalue weighted by atomic mass is 16.6. The van der Waals surface area contributed by atoms with Gasteiger partial charge in [0.1, 0.15) is 6.10 Å². The maximum Gasteiger partial charge on any atom is 0.113 e. The molecule has 0 unspecified atom stereocenters. The zero-order valence-corrected chi connectivity index (χ0v) is 9.50. The molecule has 3 rings (SSSR count). The van der Waals surface area contributed by atoms with Gasteiger partial charge in [-0.3, -0.25) is 0 Å². The summed E-state index contributed by atoms with van der Waals surface area (Å²) in [6.45, 7) is 2.72. The normalized spacial score (nSPS) is 33.4. The van der Waals surface area contributed by atoms with Crippen LogP contribution in [0.5, 0.6) is 0 Å². The van der Waals surface area contributed by atoms with E-state index in [1.165, 1.54) is 5.56 Å². The van der Waals surface area contributed by atoms with Gasteiger partial charge in [0.25, 0.3) is 0 Å². The van der Waals surface area contributed by atoms with Crippen LogP contribution in [0.25, 0.3) is 0 Å². The molecule has 2 aliphatic heterocycles. The number of benzene rings is 1. The molecule has 3 atom stereocenters. The highest BCUT2D eigenvalue weighted by Gasteiger charge is 2.49. The second-order valence-electron chi connectivity index (χ2n) is 4.70. The number of ether oxygens (including phenoxy) is 2. The molecule has 0 amide bonds. The number of likely N-dealkylation sites (tertiary alicyclic amines) is 1. The molecule has 0 N–H and O–H groups in total. The summed E-state index contributed by atoms with van der Waals surface area (Å²) in [7, 11) is 2.12. The Morgan fingerprint density at radius 3 is 2.94 bits per heavy atom. The zero-order chi connectivity index (χ0) is 11.0. The number of hydrogen-bond donors (Lipinski definition) is 0. The largest absolute Gasteiger partial charge is 0.369 e. The molecule has 2 heterocycles. The Morgan fingerprint density at radius 2 is 2.12 bits per heavy atom. The van der Waals surface area contributed by atoms with Crippen molar-refractivity contribution >= 4 is 0 Å². The van der Waals surface area contributed by atoms with Crippen molar-refractivity contribution in [2.24, 2.45) is 0 Å². The van der Waals surface area contributed by atoms with E-state index in [9.17, 15) is 0 Å². The second-order valence-corrected chi connectivity index (χ2v) is 4.70. The van der Waals surface area contributed by atoms with E-state index in [0.29, 0.717) is 18.8 Å². The summed E-state index contributed by atoms with van der Waals surface area (Å²) in [6.07, 6.45) is 1.00. The van der Waals surface area contributed by atoms with Gasteiger partial charge in [-0.05, 0) is 12.6 Å². The van der Waals surface area contributed by atoms with Crippen molar-refractivity contribution in [1.82, 2.24) is 4.90 Å². The first kappa shape index (κ1) is 10.3. The van der Waals surface area contributed by atoms with Gasteiger partial charge in [0, 0.05) is 13.1 Å². The summed E-state index contributed by atoms with van der Waals surface area (Å²) in [5, 5.41) is 0. The Morgan fingerprint density at radius 1 is 1.31 bits per heavy atom. The topological polar surface area (TPSA) is 25.0 Å². The van der Waals surface area contributed by atoms with Gasteiger partial charge in [-0.25, -0.2) is 0 Å². The number of rotatable bonds is 3. The van der Waals surface area contributed by atoms with Crippen molar-refractivity contribution in [2.45, 2.75) is 24.9 Å². The minimum atomic E-state index is 0.240. The molecular weight excluding hydrogens is 202 g/mol. The number of piperidine rings is 1. The maximum absolute atomic E-state index is 5.93. The standard InChI is InChI=1S/C13H17NO2/c1-14-7-11(13-12(8-14)16-13)15-9-10-5-3-2-4-6-10/h2-6,11-13H,7-9H2,1H3/t11-,12-,13-/m1/s1. The maximum atomic E-state index is 5.93. The van der Waals surface area contributed by atoms with E-state index >= 15 is 0 Å². The van der Waals surface area contributed by atoms with Crippen molar-refractivity contribution in [3.8, 4) is 0 Å². The average Bonchev–Trinajstić information content (AvgIpc) is 3.06. The van der Waals surface area contributed by atoms with E-state index in [-0.39, 0.29) is 6.10 Å². The van der Waals surface area contributed by atoms with Crippen molar-refractivity contribution in [3.05, 3.63) is 35.9 Å². The molecule has 3 heteroatoms. The third kappa shape index (κ3) is 2.12. The van der Waals surface area contributed by atoms with Crippen LogP contribution in [0.15, 0.2) is 30.3 Å². The van der Waals surface area contributed by atoms with Gasteiger partial charge in [-0.15, -0.1) is 0 Å². The molecule has 3 nitrogen and oxygen atoms in total. The fraction of sp³-hybridized carbons (Fsp3) is 0.538. The van der Waals surface area contributed by atoms with Crippen LogP contribution in [-0.2, 0) is 16.1 Å². The summed E-state index contributed by atoms with van der Waals surface area (Å²) >= 11 is 0. The Kier molecular flexibility index (Phi) is 2.67. The number of epoxide rings is 1. The lowest BCUT2D eigenvalue weighted by Crippen LogP contribution is -2.42. The second kappa shape index (κ2) is 4.17. The minimum absolute atomic E-state index is 0.240. The van der Waals surface area contributed by atoms with Gasteiger partial charge in [0.05, 0.1) is 18.8 Å². The summed E-state index contributed by atoms with van der Waals surface area (Å²) in [6, 6.07) is 10.3. The minimum Gasteiger partial charge on any atom is -0.369 e. The highest BCUT2D eigenvalue weighted by Crippen LogP contribution is 2.32. The van der Waals surface area contributed by atoms with Gasteiger partial charge in [0.2, 0.25) is 0 Å². The molecule has 2 saturated heterocycles. The van der Waals surface area contributed by atoms with E-state index in [1.54, 1.807) is 0 Å². The van der Waals surface area contributed by atoms with Gasteiger partial charge in [-0.1, -0.05) is 30.3 Å². The molecule has 0 saturated carbocycles. The molecule has 0 aromatic heterocycles. The number of likely N-dealkylation sites (N-methyl/N-ethyl adjacent to an activating group) is 1. The molecule has 16 heavy (non-hydrogen) atoms. The zero-order valence-electron chi connectivity index (χ0n) is 9.50. The number of nitrogens with zero attached hydrogens (tertiary/aromatic N) is 1. The van der Waals surface area contributed by atoms with Crippen LogP contribution < -0.4 is 0 Å². The molecule has 0 bridgehead atoms. The first-order valence-electron chi connectivity index (χ1n) is 5.82. The lowest BCUT2D eigenvalue weighted by Gasteiger charge is -2.26. The Labute approximate surface area is 96.0 Å². The van der Waals surface area contributed by atoms with E-state index < -0.39 is 0 Å². The van der Waals surface area contributed by atoms with Crippen molar-refractivity contribution in [2.75, 3.05) is 20.1 Å². The van der Waals surface area contributed by atoms with E-state index in [0.717, 1.165) is 13.1 Å². The van der Waals surface area contributed by atoms with E-state index in [2.05, 4.69) is 24.1 Å². The fourth-order valence-electron chi connectivity index (χ4n) is 2.35. The summed E-state index contributed by atoms with van der Waals surface area (Å²) in [5.41, 5.74) is 1.23. The van der Waals surface area contributed by atoms with Crippen LogP contribution in [0.4, 0.5) is 0 Å². The predicted octanol–water partition coefficient (Wildman–Crippen LogP) is 1.28. The third-order valence-electron chi connectivity index (χ3n) is 3.28. The Balaban J connectivity index is 1.55. The van der Waals surface area contributed by atoms with Crippen LogP contribution in [0.3, 0.4) is 0 Å². The van der Waals surface area contributed by atoms with E-state index in [4.69, 9.17) is 9.47 Å². The molecule has 2 fully saturated rings. The average molecular weight is 219 g/mol. The van der Waals surface area contributed by atoms with Gasteiger partial charge in [0.15, 0.2) is 0 Å². The van der Waals surface area contributed by atoms with Crippen LogP contribution in [-0.4, -0.2) is 43.3 Å². The predicted molar refractivity (Wildman–Crippen MR) is 61.2 cm³/mol. The SMILES string of the molecule is CN1C[C@@H](OCc2ccccc2)[C@H]2O[C@@H]2C1. The van der Waals surface area contributed by atoms with Crippen LogP contribution in [0, 0.1) is 0 Å². The van der Waals surface area contributed by atoms with Gasteiger partial charge >= 0.3 is 0 Å². The molecule has 86 valence electrons. The molecule has 1 aromatic carbocycles. The molecule has 1 aromatic rings. The number of hydrogen-bond acceptors (Lipinski definition) is 3. The van der Waals surface area contributed by atoms with Crippen molar-refractivity contribution in [1.29, 1.82) is 0 Å². The fourth-order valence-corrected chi connectivity index (χ4v) is 2.35. The molecule has 0 radical (unpaired) electrons. The Hall–Kier alpha value is -0.900. The monoisotopic (exact) mass is 219 g/mol. The van der Waals surface area contributed by atoms with Crippen molar-refractivity contribution in [3.63, 3.8) is 0 Å². The van der Waals surface area contributed by atoms with E-state index in [1.807, 2.05) is 18.2 Å². The first-order chi connectivity index (χ1) is 7.83. The molecular formula is C13H17NO2. The molecule has 0 spiro atoms. The smallest absolute Gasteiger partial charge is 0.113 e. The van der Waals surface area contributed by atoms with Crippen molar-refractivity contribution < 1.29 is 9.47 Å². The summed E-state index contributed by atoms with van der Waals surface area (Å²) in [4.78, 5) is 2.28. The third-order valence-corrected chi connectivity index (χ3v) is 3.28. The van der Waals surface area contributed by atoms with Gasteiger partial charge < -0.3 is 14.4 Å². The van der Waals surface area contributed by atoms with Crippen LogP contribution in [0.1, 0.15) is 5.56 Å². The molecule has 0 aliphatic carbocycles. The lowest BCUT2D eigenvalue weighted by atomic mass is 10.1. The summed E-state index contributed by atoms with van der Waals surface area (Å²) < 4.78 is 11.5. The quantitative estimate of drug-likeness (QED) is 0.716. The first-order valence-corrected chi connectivity index (χ1v) is 5.82. The lowest BCUT2D eigenvalue weighted by molar-refractivity contribution is 0.0000327. The summed E-state index contributed by atoms with van der Waals surface area (Å²) in [5.74, 6) is 0. The molecule has 2 aliphatic rings. The van der Waals surface area contributed by atoms with Gasteiger partial charge in [-0.2, -0.15) is 0 Å². The highest BCUT2D eigenvalue weighted by molar-refractivity contribution is 5.13.